The summed E-state index contributed by atoms with van der Waals surface area (Å²) in [4.78, 5) is 16.1. The van der Waals surface area contributed by atoms with Gasteiger partial charge in [0, 0.05) is 5.56 Å². The first-order valence-corrected chi connectivity index (χ1v) is 5.92. The van der Waals surface area contributed by atoms with E-state index in [-0.39, 0.29) is 18.5 Å². The minimum absolute atomic E-state index is 0.0371. The van der Waals surface area contributed by atoms with Crippen LogP contribution in [-0.4, -0.2) is 27.8 Å². The van der Waals surface area contributed by atoms with Crippen LogP contribution in [0, 0.1) is 25.7 Å². The molecule has 1 aromatic heterocycles. The lowest BCUT2D eigenvalue weighted by molar-refractivity contribution is 0.102. The minimum Gasteiger partial charge on any atom is -0.384 e. The van der Waals surface area contributed by atoms with Crippen LogP contribution in [0.2, 0.25) is 0 Å². The van der Waals surface area contributed by atoms with E-state index in [1.807, 2.05) is 13.0 Å². The molecule has 0 bridgehead atoms. The average Bonchev–Trinajstić information content (AvgIpc) is 2.82. The second kappa shape index (κ2) is 5.99. The van der Waals surface area contributed by atoms with Gasteiger partial charge in [0.1, 0.15) is 6.61 Å². The van der Waals surface area contributed by atoms with Crippen LogP contribution in [0.25, 0.3) is 0 Å². The Morgan fingerprint density at radius 2 is 2.25 bits per heavy atom. The summed E-state index contributed by atoms with van der Waals surface area (Å²) >= 11 is 0. The maximum atomic E-state index is 12.2. The van der Waals surface area contributed by atoms with Gasteiger partial charge in [0.05, 0.1) is 5.56 Å². The second-order valence-electron chi connectivity index (χ2n) is 4.11. The van der Waals surface area contributed by atoms with Gasteiger partial charge in [0.25, 0.3) is 5.91 Å². The molecular weight excluding hydrogens is 258 g/mol. The Morgan fingerprint density at radius 3 is 2.90 bits per heavy atom. The number of aliphatic hydroxyl groups excluding tert-OH is 1. The van der Waals surface area contributed by atoms with E-state index in [1.54, 1.807) is 19.1 Å². The molecule has 0 atom stereocenters. The number of carbonyl (C=O) groups is 1. The zero-order valence-corrected chi connectivity index (χ0v) is 11.1. The number of nitrogens with zero attached hydrogens (tertiary/aromatic N) is 2. The molecule has 2 N–H and O–H groups in total. The fourth-order valence-corrected chi connectivity index (χ4v) is 1.60. The number of benzene rings is 1. The minimum atomic E-state index is -0.389. The van der Waals surface area contributed by atoms with Crippen molar-refractivity contribution in [1.29, 1.82) is 0 Å². The zero-order chi connectivity index (χ0) is 14.5. The Balaban J connectivity index is 2.30. The van der Waals surface area contributed by atoms with Gasteiger partial charge in [-0.05, 0) is 26.0 Å². The summed E-state index contributed by atoms with van der Waals surface area (Å²) in [6, 6.07) is 5.32. The predicted octanol–water partition coefficient (Wildman–Crippen LogP) is 1.28. The first kappa shape index (κ1) is 13.8. The van der Waals surface area contributed by atoms with Crippen LogP contribution in [-0.2, 0) is 0 Å². The van der Waals surface area contributed by atoms with Gasteiger partial charge >= 0.3 is 6.01 Å². The highest BCUT2D eigenvalue weighted by Crippen LogP contribution is 2.13. The summed E-state index contributed by atoms with van der Waals surface area (Å²) in [6.07, 6.45) is 0. The number of aromatic nitrogens is 2. The lowest BCUT2D eigenvalue weighted by Gasteiger charge is -2.05. The molecular formula is C14H13N3O3. The van der Waals surface area contributed by atoms with Crippen LogP contribution in [0.4, 0.5) is 6.01 Å². The van der Waals surface area contributed by atoms with Crippen molar-refractivity contribution in [1.82, 2.24) is 10.1 Å². The molecule has 1 aromatic carbocycles. The molecule has 0 aliphatic carbocycles. The van der Waals surface area contributed by atoms with E-state index < -0.39 is 0 Å². The Labute approximate surface area is 115 Å². The third-order valence-corrected chi connectivity index (χ3v) is 2.47. The van der Waals surface area contributed by atoms with Gasteiger partial charge in [0.15, 0.2) is 5.82 Å². The lowest BCUT2D eigenvalue weighted by Crippen LogP contribution is -2.14. The molecule has 20 heavy (non-hydrogen) atoms. The number of nitrogens with one attached hydrogen (secondary N) is 1. The molecule has 0 aliphatic heterocycles. The zero-order valence-electron chi connectivity index (χ0n) is 11.1. The monoisotopic (exact) mass is 271 g/mol. The van der Waals surface area contributed by atoms with Crippen LogP contribution in [0.15, 0.2) is 22.7 Å². The molecule has 2 aromatic rings. The third kappa shape index (κ3) is 3.22. The van der Waals surface area contributed by atoms with E-state index in [4.69, 9.17) is 9.63 Å². The van der Waals surface area contributed by atoms with Crippen molar-refractivity contribution >= 4 is 11.9 Å². The molecule has 102 valence electrons. The van der Waals surface area contributed by atoms with E-state index >= 15 is 0 Å². The molecule has 1 amide bonds. The Morgan fingerprint density at radius 1 is 1.45 bits per heavy atom. The van der Waals surface area contributed by atoms with Crippen molar-refractivity contribution in [3.8, 4) is 11.8 Å². The Bertz CT molecular complexity index is 695. The van der Waals surface area contributed by atoms with E-state index in [9.17, 15) is 4.79 Å². The molecule has 6 heteroatoms. The van der Waals surface area contributed by atoms with Gasteiger partial charge in [-0.25, -0.2) is 0 Å². The standard InChI is InChI=1S/C14H13N3O3/c1-9-5-6-11(4-3-7-18)12(8-9)13(19)16-14-15-10(2)17-20-14/h5-6,8,18H,7H2,1-2H3,(H,15,16,17,19). The van der Waals surface area contributed by atoms with Gasteiger partial charge < -0.3 is 9.63 Å². The Hall–Kier alpha value is -2.65. The van der Waals surface area contributed by atoms with Crippen LogP contribution >= 0.6 is 0 Å². The van der Waals surface area contributed by atoms with Gasteiger partial charge in [-0.15, -0.1) is 0 Å². The maximum Gasteiger partial charge on any atom is 0.328 e. The van der Waals surface area contributed by atoms with Gasteiger partial charge in [0.2, 0.25) is 0 Å². The van der Waals surface area contributed by atoms with Crippen molar-refractivity contribution in [2.75, 3.05) is 11.9 Å². The summed E-state index contributed by atoms with van der Waals surface area (Å²) in [7, 11) is 0. The number of anilines is 1. The largest absolute Gasteiger partial charge is 0.384 e. The summed E-state index contributed by atoms with van der Waals surface area (Å²) < 4.78 is 4.84. The van der Waals surface area contributed by atoms with Crippen molar-refractivity contribution in [2.24, 2.45) is 0 Å². The maximum absolute atomic E-state index is 12.2. The average molecular weight is 271 g/mol. The van der Waals surface area contributed by atoms with E-state index in [1.165, 1.54) is 0 Å². The molecule has 0 radical (unpaired) electrons. The SMILES string of the molecule is Cc1ccc(C#CCO)c(C(=O)Nc2nc(C)no2)c1. The first-order valence-electron chi connectivity index (χ1n) is 5.92. The Kier molecular flexibility index (Phi) is 4.13. The fourth-order valence-electron chi connectivity index (χ4n) is 1.60. The highest BCUT2D eigenvalue weighted by atomic mass is 16.5. The lowest BCUT2D eigenvalue weighted by atomic mass is 10.0. The number of aliphatic hydroxyl groups is 1. The van der Waals surface area contributed by atoms with E-state index in [0.717, 1.165) is 5.56 Å². The van der Waals surface area contributed by atoms with Crippen LogP contribution < -0.4 is 5.32 Å². The number of aryl methyl sites for hydroxylation is 2. The highest BCUT2D eigenvalue weighted by Gasteiger charge is 2.13. The van der Waals surface area contributed by atoms with Gasteiger partial charge in [-0.3, -0.25) is 10.1 Å². The van der Waals surface area contributed by atoms with Crippen LogP contribution in [0.1, 0.15) is 27.3 Å². The van der Waals surface area contributed by atoms with Crippen molar-refractivity contribution in [2.45, 2.75) is 13.8 Å². The van der Waals surface area contributed by atoms with Crippen molar-refractivity contribution < 1.29 is 14.4 Å². The van der Waals surface area contributed by atoms with Gasteiger partial charge in [-0.1, -0.05) is 28.6 Å². The summed E-state index contributed by atoms with van der Waals surface area (Å²) in [5.41, 5.74) is 1.84. The topological polar surface area (TPSA) is 88.2 Å². The third-order valence-electron chi connectivity index (χ3n) is 2.47. The first-order chi connectivity index (χ1) is 9.60. The van der Waals surface area contributed by atoms with Crippen molar-refractivity contribution in [3.63, 3.8) is 0 Å². The smallest absolute Gasteiger partial charge is 0.328 e. The molecule has 2 rings (SSSR count). The molecule has 0 aliphatic rings. The van der Waals surface area contributed by atoms with E-state index in [0.29, 0.717) is 17.0 Å². The second-order valence-corrected chi connectivity index (χ2v) is 4.11. The number of hydrogen-bond acceptors (Lipinski definition) is 5. The van der Waals surface area contributed by atoms with Gasteiger partial charge in [-0.2, -0.15) is 4.98 Å². The van der Waals surface area contributed by atoms with Crippen LogP contribution in [0.5, 0.6) is 0 Å². The summed E-state index contributed by atoms with van der Waals surface area (Å²) in [5, 5.41) is 14.8. The number of amides is 1. The summed E-state index contributed by atoms with van der Waals surface area (Å²) in [5.74, 6) is 5.30. The number of hydrogen-bond donors (Lipinski definition) is 2. The molecule has 0 fully saturated rings. The molecule has 6 nitrogen and oxygen atoms in total. The molecule has 0 spiro atoms. The van der Waals surface area contributed by atoms with E-state index in [2.05, 4.69) is 27.3 Å². The molecule has 0 saturated heterocycles. The number of carbonyl (C=O) groups excluding carboxylic acids is 1. The quantitative estimate of drug-likeness (QED) is 0.803. The van der Waals surface area contributed by atoms with Crippen molar-refractivity contribution in [3.05, 3.63) is 40.7 Å². The normalized spacial score (nSPS) is 9.75. The predicted molar refractivity (Wildman–Crippen MR) is 72.1 cm³/mol. The molecule has 0 saturated carbocycles. The fraction of sp³-hybridized carbons (Fsp3) is 0.214. The molecule has 1 heterocycles. The number of rotatable bonds is 2. The summed E-state index contributed by atoms with van der Waals surface area (Å²) in [6.45, 7) is 3.26. The van der Waals surface area contributed by atoms with Crippen LogP contribution in [0.3, 0.4) is 0 Å². The highest BCUT2D eigenvalue weighted by molar-refractivity contribution is 6.05. The molecule has 0 unspecified atom stereocenters.